The summed E-state index contributed by atoms with van der Waals surface area (Å²) in [5.74, 6) is -2.03. The van der Waals surface area contributed by atoms with Gasteiger partial charge in [0.25, 0.3) is 11.8 Å². The zero-order valence-corrected chi connectivity index (χ0v) is 16.4. The average molecular weight is 441 g/mol. The number of carbonyl (C=O) groups excluding carboxylic acids is 2. The molecule has 3 rings (SSSR count). The summed E-state index contributed by atoms with van der Waals surface area (Å²) in [6.07, 6.45) is -3.78. The van der Waals surface area contributed by atoms with Gasteiger partial charge in [-0.05, 0) is 25.0 Å². The van der Waals surface area contributed by atoms with E-state index in [1.165, 1.54) is 34.4 Å². The Bertz CT molecular complexity index is 964. The van der Waals surface area contributed by atoms with Crippen molar-refractivity contribution < 1.29 is 27.5 Å². The third-order valence-electron chi connectivity index (χ3n) is 4.45. The predicted octanol–water partition coefficient (Wildman–Crippen LogP) is 2.48. The summed E-state index contributed by atoms with van der Waals surface area (Å²) in [6.45, 7) is 0.668. The summed E-state index contributed by atoms with van der Waals surface area (Å²) in [4.78, 5) is 33.8. The molecule has 1 aromatic heterocycles. The van der Waals surface area contributed by atoms with Crippen LogP contribution in [0.15, 0.2) is 34.6 Å². The number of carbonyl (C=O) groups is 2. The minimum atomic E-state index is -4.89. The first-order valence-corrected chi connectivity index (χ1v) is 9.75. The highest BCUT2D eigenvalue weighted by molar-refractivity contribution is 7.09. The maximum Gasteiger partial charge on any atom is 0.573 e. The second-order valence-electron chi connectivity index (χ2n) is 6.52. The van der Waals surface area contributed by atoms with Crippen molar-refractivity contribution in [1.29, 1.82) is 0 Å². The minimum absolute atomic E-state index is 0.0153. The predicted molar refractivity (Wildman–Crippen MR) is 103 cm³/mol. The molecule has 4 N–H and O–H groups in total. The maximum absolute atomic E-state index is 12.7. The monoisotopic (exact) mass is 441 g/mol. The summed E-state index contributed by atoms with van der Waals surface area (Å²) in [5, 5.41) is 2.28. The van der Waals surface area contributed by atoms with E-state index in [9.17, 15) is 22.8 Å². The number of thiazole rings is 1. The van der Waals surface area contributed by atoms with Crippen LogP contribution in [-0.4, -0.2) is 47.1 Å². The number of likely N-dealkylation sites (tertiary alicyclic amines) is 1. The van der Waals surface area contributed by atoms with Crippen molar-refractivity contribution in [1.82, 2.24) is 9.88 Å². The topological polar surface area (TPSA) is 124 Å². The highest BCUT2D eigenvalue weighted by atomic mass is 32.1. The zero-order chi connectivity index (χ0) is 21.9. The molecule has 2 aromatic rings. The Kier molecular flexibility index (Phi) is 6.25. The summed E-state index contributed by atoms with van der Waals surface area (Å²) in [7, 11) is 0. The molecular weight excluding hydrogens is 423 g/mol. The number of guanidine groups is 1. The molecule has 1 aliphatic rings. The summed E-state index contributed by atoms with van der Waals surface area (Å²) in [5.41, 5.74) is 10.4. The molecule has 2 amide bonds. The number of alkyl halides is 3. The Morgan fingerprint density at radius 1 is 1.20 bits per heavy atom. The molecule has 0 radical (unpaired) electrons. The van der Waals surface area contributed by atoms with E-state index in [1.807, 2.05) is 0 Å². The number of nitrogens with two attached hydrogens (primary N) is 2. The van der Waals surface area contributed by atoms with Crippen molar-refractivity contribution in [2.45, 2.75) is 25.1 Å². The molecule has 0 spiro atoms. The van der Waals surface area contributed by atoms with Gasteiger partial charge in [0, 0.05) is 24.4 Å². The fraction of sp³-hybridized carbons (Fsp3) is 0.333. The lowest BCUT2D eigenvalue weighted by Crippen LogP contribution is -2.38. The van der Waals surface area contributed by atoms with Gasteiger partial charge in [0.15, 0.2) is 5.96 Å². The van der Waals surface area contributed by atoms with Gasteiger partial charge in [-0.3, -0.25) is 9.59 Å². The molecular formula is C18H18F3N5O3S. The molecule has 1 aromatic carbocycles. The van der Waals surface area contributed by atoms with Crippen LogP contribution in [0, 0.1) is 0 Å². The Morgan fingerprint density at radius 3 is 2.50 bits per heavy atom. The van der Waals surface area contributed by atoms with Gasteiger partial charge < -0.3 is 21.1 Å². The highest BCUT2D eigenvalue weighted by Gasteiger charge is 2.34. The molecule has 1 saturated heterocycles. The molecule has 0 bridgehead atoms. The third kappa shape index (κ3) is 5.26. The fourth-order valence-electron chi connectivity index (χ4n) is 3.10. The molecule has 1 fully saturated rings. The van der Waals surface area contributed by atoms with E-state index >= 15 is 0 Å². The molecule has 0 atom stereocenters. The third-order valence-corrected chi connectivity index (χ3v) is 5.45. The van der Waals surface area contributed by atoms with Crippen molar-refractivity contribution >= 4 is 29.1 Å². The number of amides is 2. The van der Waals surface area contributed by atoms with Gasteiger partial charge in [0.1, 0.15) is 11.4 Å². The fourth-order valence-corrected chi connectivity index (χ4v) is 4.07. The number of piperidine rings is 1. The molecule has 0 aliphatic carbocycles. The molecule has 160 valence electrons. The van der Waals surface area contributed by atoms with Crippen LogP contribution in [0.4, 0.5) is 13.2 Å². The second kappa shape index (κ2) is 8.69. The van der Waals surface area contributed by atoms with Crippen molar-refractivity contribution in [3.8, 4) is 5.75 Å². The lowest BCUT2D eigenvalue weighted by atomic mass is 9.97. The van der Waals surface area contributed by atoms with Gasteiger partial charge in [-0.2, -0.15) is 4.99 Å². The average Bonchev–Trinajstić information content (AvgIpc) is 3.17. The van der Waals surface area contributed by atoms with Crippen molar-refractivity contribution in [2.75, 3.05) is 13.1 Å². The first-order valence-electron chi connectivity index (χ1n) is 8.87. The molecule has 0 unspecified atom stereocenters. The van der Waals surface area contributed by atoms with Crippen molar-refractivity contribution in [3.05, 3.63) is 45.9 Å². The normalized spacial score (nSPS) is 15.0. The van der Waals surface area contributed by atoms with E-state index in [4.69, 9.17) is 11.5 Å². The summed E-state index contributed by atoms with van der Waals surface area (Å²) in [6, 6.07) is 5.26. The van der Waals surface area contributed by atoms with Gasteiger partial charge in [-0.1, -0.05) is 12.1 Å². The van der Waals surface area contributed by atoms with E-state index in [0.29, 0.717) is 25.9 Å². The number of para-hydroxylation sites is 1. The van der Waals surface area contributed by atoms with Crippen molar-refractivity contribution in [3.63, 3.8) is 0 Å². The Labute approximate surface area is 173 Å². The second-order valence-corrected chi connectivity index (χ2v) is 7.41. The Balaban J connectivity index is 1.65. The van der Waals surface area contributed by atoms with E-state index in [2.05, 4.69) is 14.7 Å². The number of ether oxygens (including phenoxy) is 1. The Hall–Kier alpha value is -3.15. The standard InChI is InChI=1S/C18H18F3N5O3S/c19-18(20,21)29-13-4-2-1-3-11(13)16(28)26-7-5-10(6-8-26)15-24-12(9-30-15)14(27)25-17(22)23/h1-4,9-10H,5-8H2,(H4,22,23,25,27). The molecule has 30 heavy (non-hydrogen) atoms. The van der Waals surface area contributed by atoms with Crippen LogP contribution in [0.2, 0.25) is 0 Å². The van der Waals surface area contributed by atoms with Crippen LogP contribution in [0.1, 0.15) is 44.6 Å². The lowest BCUT2D eigenvalue weighted by Gasteiger charge is -2.31. The van der Waals surface area contributed by atoms with Gasteiger partial charge >= 0.3 is 6.36 Å². The van der Waals surface area contributed by atoms with Crippen molar-refractivity contribution in [2.24, 2.45) is 16.5 Å². The van der Waals surface area contributed by atoms with Gasteiger partial charge in [-0.15, -0.1) is 24.5 Å². The molecule has 0 saturated carbocycles. The first kappa shape index (κ1) is 21.6. The molecule has 2 heterocycles. The lowest BCUT2D eigenvalue weighted by molar-refractivity contribution is -0.274. The van der Waals surface area contributed by atoms with Crippen LogP contribution in [0.3, 0.4) is 0 Å². The highest BCUT2D eigenvalue weighted by Crippen LogP contribution is 2.32. The number of aromatic nitrogens is 1. The van der Waals surface area contributed by atoms with Crippen LogP contribution in [-0.2, 0) is 0 Å². The van der Waals surface area contributed by atoms with Gasteiger partial charge in [0.05, 0.1) is 10.6 Å². The van der Waals surface area contributed by atoms with E-state index in [0.717, 1.165) is 11.1 Å². The SMILES string of the molecule is NC(N)=NC(=O)c1csc(C2CCN(C(=O)c3ccccc3OC(F)(F)F)CC2)n1. The van der Waals surface area contributed by atoms with Crippen LogP contribution in [0.5, 0.6) is 5.75 Å². The number of nitrogens with zero attached hydrogens (tertiary/aromatic N) is 3. The minimum Gasteiger partial charge on any atom is -0.405 e. The zero-order valence-electron chi connectivity index (χ0n) is 15.6. The van der Waals surface area contributed by atoms with Crippen LogP contribution in [0.25, 0.3) is 0 Å². The van der Waals surface area contributed by atoms with E-state index < -0.39 is 23.9 Å². The summed E-state index contributed by atoms with van der Waals surface area (Å²) < 4.78 is 41.8. The quantitative estimate of drug-likeness (QED) is 0.555. The first-order chi connectivity index (χ1) is 14.1. The number of aliphatic imine (C=N–C) groups is 1. The molecule has 1 aliphatic heterocycles. The number of rotatable bonds is 4. The van der Waals surface area contributed by atoms with Crippen LogP contribution >= 0.6 is 11.3 Å². The Morgan fingerprint density at radius 2 is 1.87 bits per heavy atom. The number of hydrogen-bond acceptors (Lipinski definition) is 5. The number of benzene rings is 1. The summed E-state index contributed by atoms with van der Waals surface area (Å²) >= 11 is 1.30. The van der Waals surface area contributed by atoms with E-state index in [-0.39, 0.29) is 23.1 Å². The largest absolute Gasteiger partial charge is 0.573 e. The smallest absolute Gasteiger partial charge is 0.405 e. The van der Waals surface area contributed by atoms with Gasteiger partial charge in [-0.25, -0.2) is 4.98 Å². The number of hydrogen-bond donors (Lipinski definition) is 2. The molecule has 12 heteroatoms. The molecule has 8 nitrogen and oxygen atoms in total. The van der Waals surface area contributed by atoms with E-state index in [1.54, 1.807) is 5.38 Å². The van der Waals surface area contributed by atoms with Crippen LogP contribution < -0.4 is 16.2 Å². The number of halogens is 3. The maximum atomic E-state index is 12.7. The van der Waals surface area contributed by atoms with Gasteiger partial charge in [0.2, 0.25) is 0 Å².